The molecule has 10 nitrogen and oxygen atoms in total. The summed E-state index contributed by atoms with van der Waals surface area (Å²) in [6.07, 6.45) is 4.07. The van der Waals surface area contributed by atoms with Crippen molar-refractivity contribution in [3.05, 3.63) is 53.7 Å². The van der Waals surface area contributed by atoms with Gasteiger partial charge in [0.15, 0.2) is 17.4 Å². The Morgan fingerprint density at radius 2 is 1.97 bits per heavy atom. The molecule has 0 bridgehead atoms. The van der Waals surface area contributed by atoms with Crippen LogP contribution in [0.2, 0.25) is 0 Å². The van der Waals surface area contributed by atoms with E-state index >= 15 is 0 Å². The summed E-state index contributed by atoms with van der Waals surface area (Å²) in [7, 11) is -2.28. The summed E-state index contributed by atoms with van der Waals surface area (Å²) in [4.78, 5) is 6.60. The topological polar surface area (TPSA) is 115 Å². The monoisotopic (exact) mass is 487 g/mol. The molecule has 5 rings (SSSR count). The van der Waals surface area contributed by atoms with Crippen molar-refractivity contribution in [2.24, 2.45) is 0 Å². The lowest BCUT2D eigenvalue weighted by Gasteiger charge is -2.21. The first-order valence-electron chi connectivity index (χ1n) is 11.2. The zero-order valence-electron chi connectivity index (χ0n) is 18.8. The first-order valence-corrected chi connectivity index (χ1v) is 12.7. The number of sulfonamides is 1. The van der Waals surface area contributed by atoms with Gasteiger partial charge in [0.25, 0.3) is 0 Å². The van der Waals surface area contributed by atoms with Crippen LogP contribution in [0.3, 0.4) is 0 Å². The number of rotatable bonds is 6. The summed E-state index contributed by atoms with van der Waals surface area (Å²) in [5, 5.41) is 11.6. The van der Waals surface area contributed by atoms with Crippen LogP contribution in [0.1, 0.15) is 36.6 Å². The SMILES string of the molecule is COc1cc(S(=O)(=O)NC2CCc3nnnn3CC2)cnc1N1CCC(c2ccc(F)cc2)C1. The van der Waals surface area contributed by atoms with Gasteiger partial charge < -0.3 is 9.64 Å². The Hall–Kier alpha value is -3.12. The number of hydrogen-bond acceptors (Lipinski definition) is 8. The lowest BCUT2D eigenvalue weighted by atomic mass is 9.99. The number of methoxy groups -OCH3 is 1. The Morgan fingerprint density at radius 1 is 1.15 bits per heavy atom. The normalized spacial score (nSPS) is 20.7. The van der Waals surface area contributed by atoms with Crippen molar-refractivity contribution in [3.8, 4) is 5.75 Å². The van der Waals surface area contributed by atoms with Crippen molar-refractivity contribution in [2.45, 2.75) is 49.1 Å². The maximum atomic E-state index is 13.3. The number of benzene rings is 1. The fourth-order valence-electron chi connectivity index (χ4n) is 4.62. The Labute approximate surface area is 197 Å². The summed E-state index contributed by atoms with van der Waals surface area (Å²) < 4.78 is 49.5. The third kappa shape index (κ3) is 4.60. The summed E-state index contributed by atoms with van der Waals surface area (Å²) in [5.41, 5.74) is 1.07. The van der Waals surface area contributed by atoms with Crippen LogP contribution in [-0.4, -0.2) is 59.9 Å². The smallest absolute Gasteiger partial charge is 0.242 e. The molecule has 0 amide bonds. The molecule has 1 fully saturated rings. The van der Waals surface area contributed by atoms with Crippen molar-refractivity contribution in [3.63, 3.8) is 0 Å². The molecule has 2 aliphatic rings. The number of aromatic nitrogens is 5. The van der Waals surface area contributed by atoms with Crippen LogP contribution >= 0.6 is 0 Å². The maximum absolute atomic E-state index is 13.3. The number of nitrogens with one attached hydrogen (secondary N) is 1. The fraction of sp³-hybridized carbons (Fsp3) is 0.455. The van der Waals surface area contributed by atoms with Gasteiger partial charge in [0.1, 0.15) is 10.7 Å². The molecule has 1 N–H and O–H groups in total. The highest BCUT2D eigenvalue weighted by Gasteiger charge is 2.29. The van der Waals surface area contributed by atoms with E-state index in [4.69, 9.17) is 4.74 Å². The van der Waals surface area contributed by atoms with E-state index in [9.17, 15) is 12.8 Å². The van der Waals surface area contributed by atoms with Gasteiger partial charge in [0.05, 0.1) is 7.11 Å². The molecular weight excluding hydrogens is 461 g/mol. The van der Waals surface area contributed by atoms with Crippen LogP contribution in [0.4, 0.5) is 10.2 Å². The highest BCUT2D eigenvalue weighted by Crippen LogP contribution is 2.35. The molecule has 2 unspecified atom stereocenters. The van der Waals surface area contributed by atoms with Crippen LogP contribution < -0.4 is 14.4 Å². The number of aryl methyl sites for hydroxylation is 2. The van der Waals surface area contributed by atoms with Gasteiger partial charge >= 0.3 is 0 Å². The summed E-state index contributed by atoms with van der Waals surface area (Å²) >= 11 is 0. The molecule has 0 saturated carbocycles. The number of tetrazole rings is 1. The maximum Gasteiger partial charge on any atom is 0.242 e. The summed E-state index contributed by atoms with van der Waals surface area (Å²) in [6, 6.07) is 7.83. The molecule has 0 spiro atoms. The number of pyridine rings is 1. The van der Waals surface area contributed by atoms with E-state index in [1.54, 1.807) is 4.68 Å². The first kappa shape index (κ1) is 22.7. The van der Waals surface area contributed by atoms with E-state index in [1.165, 1.54) is 31.5 Å². The quantitative estimate of drug-likeness (QED) is 0.561. The number of hydrogen-bond donors (Lipinski definition) is 1. The molecule has 0 radical (unpaired) electrons. The second-order valence-electron chi connectivity index (χ2n) is 8.64. The highest BCUT2D eigenvalue weighted by molar-refractivity contribution is 7.89. The third-order valence-corrected chi connectivity index (χ3v) is 7.99. The predicted molar refractivity (Wildman–Crippen MR) is 122 cm³/mol. The van der Waals surface area contributed by atoms with E-state index in [2.05, 4.69) is 30.1 Å². The van der Waals surface area contributed by atoms with Gasteiger partial charge in [-0.2, -0.15) is 0 Å². The van der Waals surface area contributed by atoms with E-state index in [1.807, 2.05) is 12.1 Å². The van der Waals surface area contributed by atoms with Crippen LogP contribution in [0.5, 0.6) is 5.75 Å². The average Bonchev–Trinajstić information content (AvgIpc) is 3.47. The molecule has 4 heterocycles. The van der Waals surface area contributed by atoms with E-state index in [0.29, 0.717) is 43.9 Å². The van der Waals surface area contributed by atoms with Crippen molar-refractivity contribution in [1.29, 1.82) is 0 Å². The minimum Gasteiger partial charge on any atom is -0.493 e. The lowest BCUT2D eigenvalue weighted by molar-refractivity contribution is 0.411. The molecule has 1 aromatic carbocycles. The van der Waals surface area contributed by atoms with E-state index in [-0.39, 0.29) is 22.7 Å². The van der Waals surface area contributed by atoms with Crippen molar-refractivity contribution in [2.75, 3.05) is 25.1 Å². The summed E-state index contributed by atoms with van der Waals surface area (Å²) in [6.45, 7) is 1.99. The second kappa shape index (κ2) is 9.26. The Bertz CT molecular complexity index is 1240. The molecule has 34 heavy (non-hydrogen) atoms. The molecule has 2 atom stereocenters. The molecule has 2 aromatic heterocycles. The van der Waals surface area contributed by atoms with Crippen LogP contribution in [0, 0.1) is 5.82 Å². The van der Waals surface area contributed by atoms with E-state index in [0.717, 1.165) is 24.4 Å². The minimum atomic E-state index is -3.79. The number of nitrogens with zero attached hydrogens (tertiary/aromatic N) is 6. The van der Waals surface area contributed by atoms with Crippen molar-refractivity contribution >= 4 is 15.8 Å². The molecular formula is C22H26FN7O3S. The third-order valence-electron chi connectivity index (χ3n) is 6.50. The second-order valence-corrected chi connectivity index (χ2v) is 10.4. The number of fused-ring (bicyclic) bond motifs is 1. The minimum absolute atomic E-state index is 0.0594. The lowest BCUT2D eigenvalue weighted by Crippen LogP contribution is -2.35. The Morgan fingerprint density at radius 3 is 2.76 bits per heavy atom. The van der Waals surface area contributed by atoms with E-state index < -0.39 is 10.0 Å². The van der Waals surface area contributed by atoms with Gasteiger partial charge in [-0.3, -0.25) is 0 Å². The molecule has 2 aliphatic heterocycles. The molecule has 12 heteroatoms. The molecule has 180 valence electrons. The zero-order valence-corrected chi connectivity index (χ0v) is 19.6. The first-order chi connectivity index (χ1) is 16.4. The van der Waals surface area contributed by atoms with Gasteiger partial charge in [0.2, 0.25) is 10.0 Å². The van der Waals surface area contributed by atoms with Gasteiger partial charge in [-0.25, -0.2) is 27.2 Å². The number of halogens is 1. The Kier molecular flexibility index (Phi) is 6.17. The van der Waals surface area contributed by atoms with Gasteiger partial charge in [-0.1, -0.05) is 12.1 Å². The average molecular weight is 488 g/mol. The summed E-state index contributed by atoms with van der Waals surface area (Å²) in [5.74, 6) is 1.75. The van der Waals surface area contributed by atoms with Crippen LogP contribution in [0.15, 0.2) is 41.4 Å². The van der Waals surface area contributed by atoms with Crippen LogP contribution in [0.25, 0.3) is 0 Å². The Balaban J connectivity index is 1.29. The standard InChI is InChI=1S/C22H26FN7O3S/c1-33-20-12-19(34(31,32)26-18-6-7-21-25-27-28-30(21)11-9-18)13-24-22(20)29-10-8-16(14-29)15-2-4-17(23)5-3-15/h2-5,12-13,16,18,26H,6-11,14H2,1H3. The highest BCUT2D eigenvalue weighted by atomic mass is 32.2. The van der Waals surface area contributed by atoms with Crippen molar-refractivity contribution in [1.82, 2.24) is 29.9 Å². The zero-order chi connectivity index (χ0) is 23.7. The number of ether oxygens (including phenoxy) is 1. The molecule has 0 aliphatic carbocycles. The van der Waals surface area contributed by atoms with Crippen LogP contribution in [-0.2, 0) is 23.0 Å². The van der Waals surface area contributed by atoms with Gasteiger partial charge in [-0.05, 0) is 47.4 Å². The molecule has 1 saturated heterocycles. The fourth-order valence-corrected chi connectivity index (χ4v) is 5.89. The largest absolute Gasteiger partial charge is 0.493 e. The van der Waals surface area contributed by atoms with Gasteiger partial charge in [-0.15, -0.1) is 5.10 Å². The predicted octanol–water partition coefficient (Wildman–Crippen LogP) is 1.89. The van der Waals surface area contributed by atoms with Crippen molar-refractivity contribution < 1.29 is 17.5 Å². The number of anilines is 1. The van der Waals surface area contributed by atoms with Gasteiger partial charge in [0, 0.05) is 50.3 Å². The molecule has 3 aromatic rings.